The number of benzene rings is 1. The Kier molecular flexibility index (Phi) is 6.80. The summed E-state index contributed by atoms with van der Waals surface area (Å²) in [6, 6.07) is 7.12. The number of hydrogen-bond donors (Lipinski definition) is 2. The summed E-state index contributed by atoms with van der Waals surface area (Å²) in [6.45, 7) is 4.90. The van der Waals surface area contributed by atoms with E-state index >= 15 is 0 Å². The second kappa shape index (κ2) is 9.50. The molecule has 150 valence electrons. The molecule has 2 aromatic rings. The van der Waals surface area contributed by atoms with Crippen molar-refractivity contribution in [2.75, 3.05) is 30.0 Å². The Morgan fingerprint density at radius 3 is 2.64 bits per heavy atom. The summed E-state index contributed by atoms with van der Waals surface area (Å²) in [6.07, 6.45) is 0.845. The quantitative estimate of drug-likeness (QED) is 0.730. The number of aryl methyl sites for hydroxylation is 1. The van der Waals surface area contributed by atoms with Gasteiger partial charge in [0.2, 0.25) is 11.8 Å². The molecule has 9 heteroatoms. The molecule has 1 aromatic carbocycles. The van der Waals surface area contributed by atoms with E-state index < -0.39 is 0 Å². The van der Waals surface area contributed by atoms with Crippen molar-refractivity contribution in [1.29, 1.82) is 0 Å². The van der Waals surface area contributed by atoms with E-state index in [-0.39, 0.29) is 29.4 Å². The first-order valence-corrected chi connectivity index (χ1v) is 10.2. The van der Waals surface area contributed by atoms with Gasteiger partial charge in [-0.05, 0) is 31.5 Å². The zero-order valence-corrected chi connectivity index (χ0v) is 16.6. The average molecular weight is 405 g/mol. The van der Waals surface area contributed by atoms with E-state index in [9.17, 15) is 9.59 Å². The van der Waals surface area contributed by atoms with Crippen LogP contribution in [0.3, 0.4) is 0 Å². The van der Waals surface area contributed by atoms with Crippen molar-refractivity contribution in [1.82, 2.24) is 10.5 Å². The van der Waals surface area contributed by atoms with Gasteiger partial charge in [-0.3, -0.25) is 9.59 Å². The third-order valence-electron chi connectivity index (χ3n) is 4.01. The number of hydrogen-bond acceptors (Lipinski definition) is 7. The van der Waals surface area contributed by atoms with Crippen LogP contribution in [0.5, 0.6) is 11.5 Å². The number of nitrogens with one attached hydrogen (secondary N) is 2. The molecule has 0 fully saturated rings. The van der Waals surface area contributed by atoms with Gasteiger partial charge in [-0.25, -0.2) is 0 Å². The number of amides is 2. The summed E-state index contributed by atoms with van der Waals surface area (Å²) in [5.41, 5.74) is 0.932. The van der Waals surface area contributed by atoms with Gasteiger partial charge in [-0.15, -0.1) is 11.8 Å². The molecule has 0 saturated carbocycles. The van der Waals surface area contributed by atoms with Crippen LogP contribution in [0.2, 0.25) is 0 Å². The van der Waals surface area contributed by atoms with E-state index in [1.54, 1.807) is 13.0 Å². The highest BCUT2D eigenvalue weighted by atomic mass is 32.2. The normalized spacial score (nSPS) is 14.1. The highest BCUT2D eigenvalue weighted by Crippen LogP contribution is 2.32. The third kappa shape index (κ3) is 5.66. The number of fused-ring (bicyclic) bond motifs is 1. The molecule has 1 aromatic heterocycles. The summed E-state index contributed by atoms with van der Waals surface area (Å²) in [4.78, 5) is 24.0. The van der Waals surface area contributed by atoms with Crippen molar-refractivity contribution in [2.45, 2.75) is 26.3 Å². The van der Waals surface area contributed by atoms with Crippen LogP contribution in [-0.2, 0) is 9.59 Å². The van der Waals surface area contributed by atoms with Crippen LogP contribution in [0.25, 0.3) is 0 Å². The van der Waals surface area contributed by atoms with E-state index in [0.717, 1.165) is 17.7 Å². The highest BCUT2D eigenvalue weighted by molar-refractivity contribution is 8.00. The maximum absolute atomic E-state index is 12.2. The lowest BCUT2D eigenvalue weighted by Crippen LogP contribution is -2.28. The predicted molar refractivity (Wildman–Crippen MR) is 106 cm³/mol. The summed E-state index contributed by atoms with van der Waals surface area (Å²) in [5, 5.41) is 9.24. The van der Waals surface area contributed by atoms with Crippen molar-refractivity contribution in [2.24, 2.45) is 0 Å². The van der Waals surface area contributed by atoms with Crippen molar-refractivity contribution < 1.29 is 23.6 Å². The molecule has 1 unspecified atom stereocenters. The van der Waals surface area contributed by atoms with Gasteiger partial charge in [0.1, 0.15) is 5.76 Å². The summed E-state index contributed by atoms with van der Waals surface area (Å²) in [5.74, 6) is 2.37. The minimum atomic E-state index is -0.234. The molecule has 2 amide bonds. The van der Waals surface area contributed by atoms with Crippen LogP contribution >= 0.6 is 11.8 Å². The maximum Gasteiger partial charge on any atom is 0.235 e. The highest BCUT2D eigenvalue weighted by Gasteiger charge is 2.15. The van der Waals surface area contributed by atoms with E-state index in [1.807, 2.05) is 25.1 Å². The molecule has 1 aliphatic rings. The summed E-state index contributed by atoms with van der Waals surface area (Å²) in [7, 11) is 0. The number of nitrogens with zero attached hydrogens (tertiary/aromatic N) is 1. The van der Waals surface area contributed by atoms with Gasteiger partial charge in [-0.1, -0.05) is 11.2 Å². The number of anilines is 1. The van der Waals surface area contributed by atoms with Gasteiger partial charge >= 0.3 is 0 Å². The second-order valence-electron chi connectivity index (χ2n) is 6.41. The summed E-state index contributed by atoms with van der Waals surface area (Å²) < 4.78 is 16.2. The maximum atomic E-state index is 12.2. The van der Waals surface area contributed by atoms with Crippen LogP contribution in [0, 0.1) is 6.92 Å². The molecule has 8 nitrogen and oxygen atoms in total. The zero-order chi connectivity index (χ0) is 19.9. The van der Waals surface area contributed by atoms with E-state index in [1.165, 1.54) is 11.8 Å². The smallest absolute Gasteiger partial charge is 0.235 e. The monoisotopic (exact) mass is 405 g/mol. The molecule has 2 N–H and O–H groups in total. The van der Waals surface area contributed by atoms with Crippen LogP contribution in [-0.4, -0.2) is 41.7 Å². The van der Waals surface area contributed by atoms with Crippen molar-refractivity contribution in [3.05, 3.63) is 35.6 Å². The molecule has 3 rings (SSSR count). The van der Waals surface area contributed by atoms with Gasteiger partial charge in [0, 0.05) is 12.5 Å². The molecular weight excluding hydrogens is 382 g/mol. The fourth-order valence-electron chi connectivity index (χ4n) is 2.66. The molecule has 0 bridgehead atoms. The topological polar surface area (TPSA) is 103 Å². The van der Waals surface area contributed by atoms with Gasteiger partial charge in [-0.2, -0.15) is 0 Å². The van der Waals surface area contributed by atoms with Crippen LogP contribution in [0.4, 0.5) is 5.82 Å². The predicted octanol–water partition coefficient (Wildman–Crippen LogP) is 2.69. The molecule has 0 radical (unpaired) electrons. The van der Waals surface area contributed by atoms with Crippen LogP contribution < -0.4 is 20.1 Å². The van der Waals surface area contributed by atoms with E-state index in [0.29, 0.717) is 30.5 Å². The Bertz CT molecular complexity index is 839. The molecular formula is C19H23N3O5S. The van der Waals surface area contributed by atoms with Gasteiger partial charge in [0.15, 0.2) is 17.3 Å². The van der Waals surface area contributed by atoms with Crippen LogP contribution in [0.15, 0.2) is 28.8 Å². The number of carbonyl (C=O) groups excluding carboxylic acids is 2. The Hall–Kier alpha value is -2.68. The molecule has 0 aliphatic carbocycles. The van der Waals surface area contributed by atoms with Crippen LogP contribution in [0.1, 0.15) is 30.7 Å². The second-order valence-corrected chi connectivity index (χ2v) is 7.40. The van der Waals surface area contributed by atoms with Gasteiger partial charge < -0.3 is 24.6 Å². The van der Waals surface area contributed by atoms with E-state index in [4.69, 9.17) is 14.0 Å². The van der Waals surface area contributed by atoms with Gasteiger partial charge in [0.05, 0.1) is 30.8 Å². The molecule has 0 saturated heterocycles. The van der Waals surface area contributed by atoms with E-state index in [2.05, 4.69) is 15.8 Å². The van der Waals surface area contributed by atoms with Gasteiger partial charge in [0.25, 0.3) is 0 Å². The number of carbonyl (C=O) groups is 2. The Balaban J connectivity index is 1.43. The molecule has 0 spiro atoms. The number of rotatable bonds is 7. The lowest BCUT2D eigenvalue weighted by molar-refractivity contribution is -0.119. The standard InChI is InChI=1S/C19H23N3O5S/c1-12-8-17(22-27-12)21-19(24)11-28-10-18(23)20-13(2)14-4-5-15-16(9-14)26-7-3-6-25-15/h4-5,8-9,13H,3,6-7,10-11H2,1-2H3,(H,20,23)(H,21,22,24). The Morgan fingerprint density at radius 2 is 1.89 bits per heavy atom. The minimum Gasteiger partial charge on any atom is -0.490 e. The average Bonchev–Trinajstić information content (AvgIpc) is 2.92. The first-order valence-electron chi connectivity index (χ1n) is 9.01. The largest absolute Gasteiger partial charge is 0.490 e. The number of aromatic nitrogens is 1. The molecule has 1 aliphatic heterocycles. The fourth-order valence-corrected chi connectivity index (χ4v) is 3.28. The number of ether oxygens (including phenoxy) is 2. The number of thioether (sulfide) groups is 1. The lowest BCUT2D eigenvalue weighted by Gasteiger charge is -2.16. The van der Waals surface area contributed by atoms with Crippen molar-refractivity contribution in [3.8, 4) is 11.5 Å². The van der Waals surface area contributed by atoms with Crippen molar-refractivity contribution in [3.63, 3.8) is 0 Å². The zero-order valence-electron chi connectivity index (χ0n) is 15.8. The Labute approximate surface area is 167 Å². The van der Waals surface area contributed by atoms with Crippen molar-refractivity contribution >= 4 is 29.4 Å². The first-order chi connectivity index (χ1) is 13.5. The minimum absolute atomic E-state index is 0.144. The fraction of sp³-hybridized carbons (Fsp3) is 0.421. The molecule has 1 atom stereocenters. The summed E-state index contributed by atoms with van der Waals surface area (Å²) >= 11 is 1.23. The first kappa shape index (κ1) is 20.1. The molecule has 28 heavy (non-hydrogen) atoms. The molecule has 2 heterocycles. The Morgan fingerprint density at radius 1 is 1.14 bits per heavy atom. The third-order valence-corrected chi connectivity index (χ3v) is 4.94. The lowest BCUT2D eigenvalue weighted by atomic mass is 10.1. The SMILES string of the molecule is Cc1cc(NC(=O)CSCC(=O)NC(C)c2ccc3c(c2)OCCCO3)no1.